The molecule has 3 N–H and O–H groups in total. The van der Waals surface area contributed by atoms with Crippen molar-refractivity contribution in [2.75, 3.05) is 18.4 Å². The lowest BCUT2D eigenvalue weighted by Crippen LogP contribution is -2.20. The average molecular weight is 340 g/mol. The molecule has 3 rings (SSSR count). The number of hydrogen-bond acceptors (Lipinski definition) is 7. The summed E-state index contributed by atoms with van der Waals surface area (Å²) in [4.78, 5) is 8.37. The van der Waals surface area contributed by atoms with Gasteiger partial charge in [-0.1, -0.05) is 0 Å². The van der Waals surface area contributed by atoms with Gasteiger partial charge in [0.1, 0.15) is 6.10 Å². The Morgan fingerprint density at radius 3 is 3.00 bits per heavy atom. The topological polar surface area (TPSA) is 97.0 Å². The standard InChI is InChI=1S/C14H18F2N6O2/c15-14(16)24-12-6-10(21-22-12)19-11-7-18-8-13(20-11)23-9-2-1-4-17-5-3-9/h6-9,14,17H,1-5H2,(H2,19,20,21,22)/t9-/m0/s1. The quantitative estimate of drug-likeness (QED) is 0.740. The number of H-pyrrole nitrogens is 1. The van der Waals surface area contributed by atoms with Gasteiger partial charge in [-0.15, -0.1) is 0 Å². The number of halogens is 2. The van der Waals surface area contributed by atoms with Crippen LogP contribution in [0.4, 0.5) is 20.4 Å². The van der Waals surface area contributed by atoms with E-state index in [1.807, 2.05) is 0 Å². The van der Waals surface area contributed by atoms with Crippen LogP contribution in [-0.4, -0.2) is 46.0 Å². The maximum absolute atomic E-state index is 12.1. The average Bonchev–Trinajstić information content (AvgIpc) is 2.81. The van der Waals surface area contributed by atoms with Crippen molar-refractivity contribution in [1.29, 1.82) is 0 Å². The monoisotopic (exact) mass is 340 g/mol. The number of ether oxygens (including phenoxy) is 2. The molecule has 0 saturated carbocycles. The van der Waals surface area contributed by atoms with E-state index in [0.29, 0.717) is 11.7 Å². The molecule has 0 radical (unpaired) electrons. The maximum Gasteiger partial charge on any atom is 0.388 e. The molecule has 1 atom stereocenters. The summed E-state index contributed by atoms with van der Waals surface area (Å²) in [6, 6.07) is 1.30. The smallest absolute Gasteiger partial charge is 0.388 e. The minimum Gasteiger partial charge on any atom is -0.473 e. The fourth-order valence-corrected chi connectivity index (χ4v) is 2.40. The number of aromatic nitrogens is 4. The first-order chi connectivity index (χ1) is 11.7. The summed E-state index contributed by atoms with van der Waals surface area (Å²) in [5.74, 6) is 0.954. The molecule has 24 heavy (non-hydrogen) atoms. The predicted molar refractivity (Wildman–Crippen MR) is 81.7 cm³/mol. The molecule has 0 spiro atoms. The van der Waals surface area contributed by atoms with Crippen LogP contribution < -0.4 is 20.1 Å². The van der Waals surface area contributed by atoms with Crippen LogP contribution in [0.15, 0.2) is 18.5 Å². The zero-order chi connectivity index (χ0) is 16.8. The second-order valence-electron chi connectivity index (χ2n) is 5.28. The van der Waals surface area contributed by atoms with Crippen molar-refractivity contribution in [2.45, 2.75) is 32.0 Å². The van der Waals surface area contributed by atoms with Crippen LogP contribution in [0.2, 0.25) is 0 Å². The molecular weight excluding hydrogens is 322 g/mol. The minimum atomic E-state index is -2.91. The zero-order valence-corrected chi connectivity index (χ0v) is 12.8. The maximum atomic E-state index is 12.1. The van der Waals surface area contributed by atoms with Crippen LogP contribution in [0.3, 0.4) is 0 Å². The molecule has 0 bridgehead atoms. The van der Waals surface area contributed by atoms with Crippen LogP contribution in [0.5, 0.6) is 11.8 Å². The first-order valence-electron chi connectivity index (χ1n) is 7.66. The zero-order valence-electron chi connectivity index (χ0n) is 12.8. The molecule has 0 amide bonds. The van der Waals surface area contributed by atoms with E-state index in [4.69, 9.17) is 4.74 Å². The number of alkyl halides is 2. The molecule has 2 aromatic rings. The molecule has 130 valence electrons. The highest BCUT2D eigenvalue weighted by Gasteiger charge is 2.15. The molecule has 0 aromatic carbocycles. The number of nitrogens with zero attached hydrogens (tertiary/aromatic N) is 3. The van der Waals surface area contributed by atoms with Gasteiger partial charge in [-0.25, -0.2) is 5.10 Å². The van der Waals surface area contributed by atoms with Crippen LogP contribution in [0.1, 0.15) is 19.3 Å². The Kier molecular flexibility index (Phi) is 5.36. The predicted octanol–water partition coefficient (Wildman–Crippen LogP) is 2.07. The van der Waals surface area contributed by atoms with E-state index >= 15 is 0 Å². The summed E-state index contributed by atoms with van der Waals surface area (Å²) in [5, 5.41) is 12.3. The van der Waals surface area contributed by atoms with Gasteiger partial charge in [0, 0.05) is 6.07 Å². The van der Waals surface area contributed by atoms with E-state index < -0.39 is 6.61 Å². The Bertz CT molecular complexity index is 646. The van der Waals surface area contributed by atoms with Gasteiger partial charge < -0.3 is 20.1 Å². The lowest BCUT2D eigenvalue weighted by atomic mass is 10.2. The summed E-state index contributed by atoms with van der Waals surface area (Å²) in [7, 11) is 0. The van der Waals surface area contributed by atoms with Gasteiger partial charge in [0.2, 0.25) is 11.8 Å². The summed E-state index contributed by atoms with van der Waals surface area (Å²) >= 11 is 0. The van der Waals surface area contributed by atoms with Gasteiger partial charge in [0.15, 0.2) is 11.6 Å². The van der Waals surface area contributed by atoms with Crippen LogP contribution in [0.25, 0.3) is 0 Å². The van der Waals surface area contributed by atoms with Gasteiger partial charge in [0.25, 0.3) is 0 Å². The van der Waals surface area contributed by atoms with Crippen LogP contribution >= 0.6 is 0 Å². The summed E-state index contributed by atoms with van der Waals surface area (Å²) in [5.41, 5.74) is 0. The third-order valence-electron chi connectivity index (χ3n) is 3.45. The highest BCUT2D eigenvalue weighted by Crippen LogP contribution is 2.20. The Balaban J connectivity index is 1.61. The minimum absolute atomic E-state index is 0.0981. The highest BCUT2D eigenvalue weighted by atomic mass is 19.3. The molecule has 2 aromatic heterocycles. The van der Waals surface area contributed by atoms with Crippen molar-refractivity contribution in [2.24, 2.45) is 0 Å². The third kappa shape index (κ3) is 4.75. The van der Waals surface area contributed by atoms with Gasteiger partial charge >= 0.3 is 6.61 Å². The molecule has 10 heteroatoms. The number of anilines is 2. The largest absolute Gasteiger partial charge is 0.473 e. The summed E-state index contributed by atoms with van der Waals surface area (Å²) < 4.78 is 34.3. The normalized spacial score (nSPS) is 18.2. The van der Waals surface area contributed by atoms with Gasteiger partial charge in [0.05, 0.1) is 12.4 Å². The third-order valence-corrected chi connectivity index (χ3v) is 3.45. The molecule has 8 nitrogen and oxygen atoms in total. The van der Waals surface area contributed by atoms with Crippen molar-refractivity contribution in [3.05, 3.63) is 18.5 Å². The van der Waals surface area contributed by atoms with Crippen LogP contribution in [0, 0.1) is 0 Å². The molecule has 0 aliphatic carbocycles. The van der Waals surface area contributed by atoms with Crippen LogP contribution in [-0.2, 0) is 0 Å². The molecule has 3 heterocycles. The van der Waals surface area contributed by atoms with E-state index in [0.717, 1.165) is 32.4 Å². The van der Waals surface area contributed by atoms with E-state index in [2.05, 4.69) is 35.5 Å². The summed E-state index contributed by atoms with van der Waals surface area (Å²) in [6.07, 6.45) is 6.05. The van der Waals surface area contributed by atoms with Gasteiger partial charge in [-0.05, 0) is 32.4 Å². The molecule has 1 aliphatic heterocycles. The number of aromatic amines is 1. The highest BCUT2D eigenvalue weighted by molar-refractivity contribution is 5.51. The fraction of sp³-hybridized carbons (Fsp3) is 0.500. The molecule has 1 fully saturated rings. The number of hydrogen-bond donors (Lipinski definition) is 3. The van der Waals surface area contributed by atoms with Crippen molar-refractivity contribution >= 4 is 11.6 Å². The lowest BCUT2D eigenvalue weighted by molar-refractivity contribution is -0.0528. The van der Waals surface area contributed by atoms with Crippen molar-refractivity contribution < 1.29 is 18.3 Å². The Labute approximate surface area is 137 Å². The van der Waals surface area contributed by atoms with E-state index in [1.54, 1.807) is 6.20 Å². The Morgan fingerprint density at radius 2 is 2.12 bits per heavy atom. The number of rotatable bonds is 6. The molecular formula is C14H18F2N6O2. The van der Waals surface area contributed by atoms with E-state index in [-0.39, 0.29) is 17.8 Å². The SMILES string of the molecule is FC(F)Oc1cc(Nc2cncc(O[C@H]3CCCNCC3)n2)n[nH]1. The second-order valence-corrected chi connectivity index (χ2v) is 5.28. The molecule has 0 unspecified atom stereocenters. The Morgan fingerprint density at radius 1 is 1.21 bits per heavy atom. The fourth-order valence-electron chi connectivity index (χ4n) is 2.40. The van der Waals surface area contributed by atoms with Crippen molar-refractivity contribution in [1.82, 2.24) is 25.5 Å². The van der Waals surface area contributed by atoms with Gasteiger partial charge in [-0.3, -0.25) is 4.98 Å². The van der Waals surface area contributed by atoms with Crippen molar-refractivity contribution in [3.8, 4) is 11.8 Å². The first-order valence-corrected chi connectivity index (χ1v) is 7.66. The van der Waals surface area contributed by atoms with Crippen molar-refractivity contribution in [3.63, 3.8) is 0 Å². The number of nitrogens with one attached hydrogen (secondary N) is 3. The Hall–Kier alpha value is -2.49. The lowest BCUT2D eigenvalue weighted by Gasteiger charge is -2.15. The molecule has 1 aliphatic rings. The summed E-state index contributed by atoms with van der Waals surface area (Å²) in [6.45, 7) is -1.00. The first kappa shape index (κ1) is 16.4. The van der Waals surface area contributed by atoms with E-state index in [9.17, 15) is 8.78 Å². The van der Waals surface area contributed by atoms with Gasteiger partial charge in [-0.2, -0.15) is 18.9 Å². The molecule has 1 saturated heterocycles. The van der Waals surface area contributed by atoms with E-state index in [1.165, 1.54) is 12.3 Å². The second kappa shape index (κ2) is 7.86.